The van der Waals surface area contributed by atoms with Crippen molar-refractivity contribution in [1.82, 2.24) is 14.5 Å². The van der Waals surface area contributed by atoms with Crippen LogP contribution >= 0.6 is 0 Å². The Hall–Kier alpha value is -1.60. The predicted molar refractivity (Wildman–Crippen MR) is 89.7 cm³/mol. The largest absolute Gasteiger partial charge is 0.338 e. The number of urea groups is 1. The van der Waals surface area contributed by atoms with Gasteiger partial charge in [-0.05, 0) is 30.5 Å². The second kappa shape index (κ2) is 7.31. The van der Waals surface area contributed by atoms with E-state index in [-0.39, 0.29) is 6.03 Å². The molecule has 7 heteroatoms. The van der Waals surface area contributed by atoms with Gasteiger partial charge in [0.25, 0.3) is 0 Å². The molecule has 0 radical (unpaired) electrons. The molecule has 1 N–H and O–H groups in total. The van der Waals surface area contributed by atoms with Crippen molar-refractivity contribution in [3.05, 3.63) is 29.8 Å². The number of sulfonamides is 1. The molecule has 0 aliphatic carbocycles. The summed E-state index contributed by atoms with van der Waals surface area (Å²) in [6, 6.07) is 6.79. The molecule has 0 atom stereocenters. The second-order valence-electron chi connectivity index (χ2n) is 6.29. The number of rotatable bonds is 4. The molecule has 0 saturated carbocycles. The maximum atomic E-state index is 12.6. The van der Waals surface area contributed by atoms with E-state index in [2.05, 4.69) is 5.32 Å². The van der Waals surface area contributed by atoms with Gasteiger partial charge in [0.15, 0.2) is 0 Å². The predicted octanol–water partition coefficient (Wildman–Crippen LogP) is 1.67. The highest BCUT2D eigenvalue weighted by Crippen LogP contribution is 2.18. The zero-order chi connectivity index (χ0) is 17.0. The normalized spacial score (nSPS) is 16.6. The van der Waals surface area contributed by atoms with E-state index in [0.29, 0.717) is 43.5 Å². The van der Waals surface area contributed by atoms with E-state index < -0.39 is 10.0 Å². The monoisotopic (exact) mass is 339 g/mol. The molecule has 1 fully saturated rings. The molecule has 0 spiro atoms. The van der Waals surface area contributed by atoms with Gasteiger partial charge in [0.05, 0.1) is 4.90 Å². The number of hydrogen-bond acceptors (Lipinski definition) is 3. The van der Waals surface area contributed by atoms with Crippen LogP contribution in [0.4, 0.5) is 4.79 Å². The molecule has 0 unspecified atom stereocenters. The van der Waals surface area contributed by atoms with Gasteiger partial charge in [-0.2, -0.15) is 4.31 Å². The Morgan fingerprint density at radius 1 is 1.22 bits per heavy atom. The summed E-state index contributed by atoms with van der Waals surface area (Å²) in [5.41, 5.74) is 0.915. The Labute approximate surface area is 138 Å². The number of carbonyl (C=O) groups excluding carboxylic acids is 1. The second-order valence-corrected chi connectivity index (χ2v) is 8.23. The summed E-state index contributed by atoms with van der Waals surface area (Å²) in [5, 5.41) is 2.86. The average molecular weight is 339 g/mol. The van der Waals surface area contributed by atoms with Gasteiger partial charge in [-0.1, -0.05) is 26.0 Å². The molecule has 1 aliphatic rings. The van der Waals surface area contributed by atoms with Gasteiger partial charge >= 0.3 is 6.03 Å². The molecule has 2 amide bonds. The lowest BCUT2D eigenvalue weighted by atomic mass is 10.2. The highest BCUT2D eigenvalue weighted by atomic mass is 32.2. The fourth-order valence-electron chi connectivity index (χ4n) is 2.46. The van der Waals surface area contributed by atoms with E-state index in [0.717, 1.165) is 5.56 Å². The van der Waals surface area contributed by atoms with Crippen LogP contribution in [0.5, 0.6) is 0 Å². The number of nitrogens with zero attached hydrogens (tertiary/aromatic N) is 2. The molecule has 128 valence electrons. The van der Waals surface area contributed by atoms with E-state index in [1.54, 1.807) is 23.1 Å². The number of nitrogens with one attached hydrogen (secondary N) is 1. The maximum Gasteiger partial charge on any atom is 0.317 e. The van der Waals surface area contributed by atoms with Gasteiger partial charge in [0, 0.05) is 32.7 Å². The minimum absolute atomic E-state index is 0.119. The van der Waals surface area contributed by atoms with Gasteiger partial charge in [-0.25, -0.2) is 13.2 Å². The number of aryl methyl sites for hydroxylation is 1. The smallest absolute Gasteiger partial charge is 0.317 e. The highest BCUT2D eigenvalue weighted by Gasteiger charge is 2.30. The Morgan fingerprint density at radius 3 is 2.43 bits per heavy atom. The molecule has 6 nitrogen and oxygen atoms in total. The maximum absolute atomic E-state index is 12.6. The Bertz CT molecular complexity index is 650. The van der Waals surface area contributed by atoms with Crippen molar-refractivity contribution in [2.24, 2.45) is 5.92 Å². The van der Waals surface area contributed by atoms with Gasteiger partial charge in [-0.3, -0.25) is 0 Å². The van der Waals surface area contributed by atoms with E-state index in [9.17, 15) is 13.2 Å². The summed E-state index contributed by atoms with van der Waals surface area (Å²) >= 11 is 0. The zero-order valence-electron chi connectivity index (χ0n) is 13.9. The first-order chi connectivity index (χ1) is 10.8. The van der Waals surface area contributed by atoms with Gasteiger partial charge in [0.1, 0.15) is 0 Å². The Morgan fingerprint density at radius 2 is 1.87 bits per heavy atom. The lowest BCUT2D eigenvalue weighted by Gasteiger charge is -2.34. The summed E-state index contributed by atoms with van der Waals surface area (Å²) in [6.07, 6.45) is 0. The van der Waals surface area contributed by atoms with E-state index >= 15 is 0 Å². The molecule has 0 bridgehead atoms. The first kappa shape index (κ1) is 17.7. The van der Waals surface area contributed by atoms with Crippen LogP contribution in [0, 0.1) is 12.8 Å². The minimum Gasteiger partial charge on any atom is -0.338 e. The molecule has 1 saturated heterocycles. The molecular weight excluding hydrogens is 314 g/mol. The van der Waals surface area contributed by atoms with Crippen molar-refractivity contribution in [3.63, 3.8) is 0 Å². The van der Waals surface area contributed by atoms with Crippen LogP contribution in [-0.4, -0.2) is 56.4 Å². The van der Waals surface area contributed by atoms with Crippen LogP contribution in [-0.2, 0) is 10.0 Å². The minimum atomic E-state index is -3.48. The van der Waals surface area contributed by atoms with Crippen molar-refractivity contribution >= 4 is 16.1 Å². The van der Waals surface area contributed by atoms with Crippen LogP contribution in [0.3, 0.4) is 0 Å². The first-order valence-corrected chi connectivity index (χ1v) is 9.34. The number of hydrogen-bond donors (Lipinski definition) is 1. The van der Waals surface area contributed by atoms with Crippen LogP contribution < -0.4 is 5.32 Å². The first-order valence-electron chi connectivity index (χ1n) is 7.90. The van der Waals surface area contributed by atoms with Crippen molar-refractivity contribution in [3.8, 4) is 0 Å². The topological polar surface area (TPSA) is 69.7 Å². The lowest BCUT2D eigenvalue weighted by Crippen LogP contribution is -2.53. The fourth-order valence-corrected chi connectivity index (χ4v) is 3.99. The van der Waals surface area contributed by atoms with Crippen molar-refractivity contribution in [2.75, 3.05) is 32.7 Å². The van der Waals surface area contributed by atoms with E-state index in [1.165, 1.54) is 4.31 Å². The molecule has 1 aromatic carbocycles. The van der Waals surface area contributed by atoms with E-state index in [1.807, 2.05) is 26.8 Å². The standard InChI is InChI=1S/C16H25N3O3S/c1-13(2)12-17-16(20)18-7-9-19(10-8-18)23(21,22)15-6-4-5-14(3)11-15/h4-6,11,13H,7-10,12H2,1-3H3,(H,17,20). The number of benzene rings is 1. The third kappa shape index (κ3) is 4.45. The fraction of sp³-hybridized carbons (Fsp3) is 0.562. The highest BCUT2D eigenvalue weighted by molar-refractivity contribution is 7.89. The molecule has 1 aliphatic heterocycles. The summed E-state index contributed by atoms with van der Waals surface area (Å²) < 4.78 is 26.7. The van der Waals surface area contributed by atoms with Crippen molar-refractivity contribution in [2.45, 2.75) is 25.7 Å². The molecular formula is C16H25N3O3S. The summed E-state index contributed by atoms with van der Waals surface area (Å²) in [7, 11) is -3.48. The summed E-state index contributed by atoms with van der Waals surface area (Å²) in [4.78, 5) is 14.0. The van der Waals surface area contributed by atoms with Crippen LogP contribution in [0.25, 0.3) is 0 Å². The molecule has 1 heterocycles. The molecule has 23 heavy (non-hydrogen) atoms. The third-order valence-electron chi connectivity index (χ3n) is 3.81. The average Bonchev–Trinajstić information content (AvgIpc) is 2.52. The lowest BCUT2D eigenvalue weighted by molar-refractivity contribution is 0.171. The molecule has 0 aromatic heterocycles. The van der Waals surface area contributed by atoms with Crippen molar-refractivity contribution < 1.29 is 13.2 Å². The van der Waals surface area contributed by atoms with E-state index in [4.69, 9.17) is 0 Å². The number of piperazine rings is 1. The Kier molecular flexibility index (Phi) is 5.64. The third-order valence-corrected chi connectivity index (χ3v) is 5.71. The quantitative estimate of drug-likeness (QED) is 0.907. The summed E-state index contributed by atoms with van der Waals surface area (Å²) in [5.74, 6) is 0.391. The van der Waals surface area contributed by atoms with Crippen LogP contribution in [0.1, 0.15) is 19.4 Å². The van der Waals surface area contributed by atoms with Gasteiger partial charge in [0.2, 0.25) is 10.0 Å². The SMILES string of the molecule is Cc1cccc(S(=O)(=O)N2CCN(C(=O)NCC(C)C)CC2)c1. The Balaban J connectivity index is 1.97. The number of carbonyl (C=O) groups is 1. The van der Waals surface area contributed by atoms with Gasteiger partial charge in [-0.15, -0.1) is 0 Å². The number of amides is 2. The van der Waals surface area contributed by atoms with Crippen LogP contribution in [0.15, 0.2) is 29.2 Å². The van der Waals surface area contributed by atoms with Gasteiger partial charge < -0.3 is 10.2 Å². The zero-order valence-corrected chi connectivity index (χ0v) is 14.8. The van der Waals surface area contributed by atoms with Crippen LogP contribution in [0.2, 0.25) is 0 Å². The van der Waals surface area contributed by atoms with Crippen molar-refractivity contribution in [1.29, 1.82) is 0 Å². The molecule has 2 rings (SSSR count). The summed E-state index contributed by atoms with van der Waals surface area (Å²) in [6.45, 7) is 8.04. The molecule has 1 aromatic rings.